The van der Waals surface area contributed by atoms with Crippen molar-refractivity contribution in [1.29, 1.82) is 5.26 Å². The maximum Gasteiger partial charge on any atom is 0.295 e. The Labute approximate surface area is 164 Å². The van der Waals surface area contributed by atoms with E-state index >= 15 is 0 Å². The van der Waals surface area contributed by atoms with Crippen LogP contribution in [0.3, 0.4) is 0 Å². The van der Waals surface area contributed by atoms with Crippen LogP contribution in [0.4, 0.5) is 14.5 Å². The van der Waals surface area contributed by atoms with E-state index in [2.05, 4.69) is 5.32 Å². The second kappa shape index (κ2) is 7.94. The molecule has 0 fully saturated rings. The van der Waals surface area contributed by atoms with E-state index < -0.39 is 28.7 Å². The van der Waals surface area contributed by atoms with Gasteiger partial charge in [-0.15, -0.1) is 0 Å². The number of carbonyl (C=O) groups is 1. The number of rotatable bonds is 4. The van der Waals surface area contributed by atoms with Gasteiger partial charge >= 0.3 is 0 Å². The number of nitrogens with one attached hydrogen (secondary N) is 1. The molecule has 1 N–H and O–H groups in total. The van der Waals surface area contributed by atoms with Gasteiger partial charge in [0.15, 0.2) is 0 Å². The zero-order valence-electron chi connectivity index (χ0n) is 15.6. The molecule has 0 radical (unpaired) electrons. The first kappa shape index (κ1) is 19.8. The summed E-state index contributed by atoms with van der Waals surface area (Å²) in [6.45, 7) is 1.64. The summed E-state index contributed by atoms with van der Waals surface area (Å²) < 4.78 is 30.1. The van der Waals surface area contributed by atoms with E-state index in [9.17, 15) is 23.6 Å². The number of nitriles is 1. The minimum absolute atomic E-state index is 0.0118. The Hall–Kier alpha value is -3.99. The van der Waals surface area contributed by atoms with Crippen molar-refractivity contribution in [1.82, 2.24) is 9.36 Å². The van der Waals surface area contributed by atoms with Gasteiger partial charge < -0.3 is 5.32 Å². The number of halogens is 2. The molecular weight excluding hydrogens is 378 g/mol. The third-order valence-electron chi connectivity index (χ3n) is 4.42. The Morgan fingerprint density at radius 1 is 1.17 bits per heavy atom. The fourth-order valence-electron chi connectivity index (χ4n) is 2.82. The highest BCUT2D eigenvalue weighted by atomic mass is 19.1. The van der Waals surface area contributed by atoms with Crippen molar-refractivity contribution in [3.8, 4) is 11.8 Å². The number of anilines is 1. The molecule has 3 aromatic rings. The summed E-state index contributed by atoms with van der Waals surface area (Å²) in [7, 11) is 1.66. The van der Waals surface area contributed by atoms with Gasteiger partial charge in [0.25, 0.3) is 11.5 Å². The Balaban J connectivity index is 1.99. The topological polar surface area (TPSA) is 79.8 Å². The molecule has 8 heteroatoms. The van der Waals surface area contributed by atoms with Crippen molar-refractivity contribution in [2.24, 2.45) is 7.05 Å². The van der Waals surface area contributed by atoms with Gasteiger partial charge in [-0.05, 0) is 43.3 Å². The fraction of sp³-hybridized carbons (Fsp3) is 0.0952. The number of aromatic nitrogens is 2. The molecule has 0 bridgehead atoms. The summed E-state index contributed by atoms with van der Waals surface area (Å²) in [6.07, 6.45) is 0.932. The molecule has 0 unspecified atom stereocenters. The van der Waals surface area contributed by atoms with Crippen molar-refractivity contribution < 1.29 is 13.6 Å². The fourth-order valence-corrected chi connectivity index (χ4v) is 2.82. The number of benzene rings is 2. The predicted octanol–water partition coefficient (Wildman–Crippen LogP) is 3.31. The molecule has 3 rings (SSSR count). The summed E-state index contributed by atoms with van der Waals surface area (Å²) in [5, 5.41) is 11.7. The largest absolute Gasteiger partial charge is 0.315 e. The van der Waals surface area contributed by atoms with Gasteiger partial charge in [0.1, 0.15) is 29.0 Å². The lowest BCUT2D eigenvalue weighted by molar-refractivity contribution is -0.112. The molecular formula is C21H16F2N4O2. The van der Waals surface area contributed by atoms with Gasteiger partial charge in [0, 0.05) is 12.6 Å². The van der Waals surface area contributed by atoms with E-state index in [4.69, 9.17) is 0 Å². The van der Waals surface area contributed by atoms with E-state index in [-0.39, 0.29) is 11.3 Å². The highest BCUT2D eigenvalue weighted by molar-refractivity contribution is 6.09. The van der Waals surface area contributed by atoms with Crippen LogP contribution in [0.5, 0.6) is 0 Å². The Morgan fingerprint density at radius 2 is 1.86 bits per heavy atom. The van der Waals surface area contributed by atoms with Gasteiger partial charge in [-0.2, -0.15) is 5.26 Å². The van der Waals surface area contributed by atoms with Gasteiger partial charge in [-0.1, -0.05) is 18.2 Å². The minimum Gasteiger partial charge on any atom is -0.315 e. The monoisotopic (exact) mass is 394 g/mol. The summed E-state index contributed by atoms with van der Waals surface area (Å²) in [5.74, 6) is -2.39. The van der Waals surface area contributed by atoms with Gasteiger partial charge in [0.2, 0.25) is 0 Å². The smallest absolute Gasteiger partial charge is 0.295 e. The van der Waals surface area contributed by atoms with E-state index in [1.807, 2.05) is 6.07 Å². The first-order chi connectivity index (χ1) is 13.8. The molecule has 29 heavy (non-hydrogen) atoms. The highest BCUT2D eigenvalue weighted by Crippen LogP contribution is 2.17. The number of amides is 1. The molecule has 0 spiro atoms. The first-order valence-corrected chi connectivity index (χ1v) is 8.55. The van der Waals surface area contributed by atoms with Crippen molar-refractivity contribution in [3.05, 3.63) is 87.3 Å². The molecule has 6 nitrogen and oxygen atoms in total. The van der Waals surface area contributed by atoms with E-state index in [1.54, 1.807) is 49.0 Å². The number of nitrogens with zero attached hydrogens (tertiary/aromatic N) is 3. The average Bonchev–Trinajstić information content (AvgIpc) is 2.92. The van der Waals surface area contributed by atoms with Crippen LogP contribution in [0.1, 0.15) is 11.3 Å². The van der Waals surface area contributed by atoms with Crippen LogP contribution in [0.2, 0.25) is 0 Å². The minimum atomic E-state index is -0.901. The van der Waals surface area contributed by atoms with Gasteiger partial charge in [-0.3, -0.25) is 14.3 Å². The summed E-state index contributed by atoms with van der Waals surface area (Å²) >= 11 is 0. The zero-order valence-corrected chi connectivity index (χ0v) is 15.6. The number of hydrogen-bond acceptors (Lipinski definition) is 3. The lowest BCUT2D eigenvalue weighted by Gasteiger charge is -2.07. The van der Waals surface area contributed by atoms with Crippen LogP contribution < -0.4 is 10.9 Å². The SMILES string of the molecule is Cc1c(NC(=O)C(C#N)=Cc2cc(F)ccc2F)c(=O)n(-c2ccccc2)n1C. The number of para-hydroxylation sites is 1. The zero-order chi connectivity index (χ0) is 21.1. The average molecular weight is 394 g/mol. The quantitative estimate of drug-likeness (QED) is 0.545. The molecule has 0 atom stereocenters. The van der Waals surface area contributed by atoms with Crippen LogP contribution in [0.25, 0.3) is 11.8 Å². The molecule has 1 aromatic heterocycles. The molecule has 1 heterocycles. The predicted molar refractivity (Wildman–Crippen MR) is 104 cm³/mol. The summed E-state index contributed by atoms with van der Waals surface area (Å²) in [4.78, 5) is 25.4. The molecule has 1 amide bonds. The van der Waals surface area contributed by atoms with Crippen LogP contribution in [0, 0.1) is 29.9 Å². The molecule has 2 aromatic carbocycles. The second-order valence-electron chi connectivity index (χ2n) is 6.23. The molecule has 0 aliphatic carbocycles. The van der Waals surface area contributed by atoms with Crippen molar-refractivity contribution >= 4 is 17.7 Å². The molecule has 0 saturated carbocycles. The van der Waals surface area contributed by atoms with Gasteiger partial charge in [0.05, 0.1) is 11.4 Å². The molecule has 0 aliphatic heterocycles. The maximum atomic E-state index is 13.8. The third kappa shape index (κ3) is 3.84. The van der Waals surface area contributed by atoms with Gasteiger partial charge in [-0.25, -0.2) is 13.5 Å². The lowest BCUT2D eigenvalue weighted by Crippen LogP contribution is -2.23. The summed E-state index contributed by atoms with van der Waals surface area (Å²) in [6, 6.07) is 13.2. The first-order valence-electron chi connectivity index (χ1n) is 8.55. The second-order valence-corrected chi connectivity index (χ2v) is 6.23. The van der Waals surface area contributed by atoms with Crippen molar-refractivity contribution in [2.45, 2.75) is 6.92 Å². The summed E-state index contributed by atoms with van der Waals surface area (Å²) in [5.41, 5.74) is -0.157. The van der Waals surface area contributed by atoms with Crippen LogP contribution in [-0.4, -0.2) is 15.3 Å². The normalized spacial score (nSPS) is 11.2. The Morgan fingerprint density at radius 3 is 2.52 bits per heavy atom. The lowest BCUT2D eigenvalue weighted by atomic mass is 10.1. The number of carbonyl (C=O) groups excluding carboxylic acids is 1. The maximum absolute atomic E-state index is 13.8. The molecule has 0 aliphatic rings. The van der Waals surface area contributed by atoms with Crippen LogP contribution >= 0.6 is 0 Å². The van der Waals surface area contributed by atoms with E-state index in [0.717, 1.165) is 24.3 Å². The standard InChI is InChI=1S/C21H16F2N4O2/c1-13-19(21(29)27(26(13)2)17-6-4-3-5-7-17)25-20(28)15(12-24)10-14-11-16(22)8-9-18(14)23/h3-11H,1-2H3,(H,25,28). The van der Waals surface area contributed by atoms with Crippen molar-refractivity contribution in [2.75, 3.05) is 5.32 Å². The van der Waals surface area contributed by atoms with Crippen LogP contribution in [0.15, 0.2) is 58.9 Å². The molecule has 146 valence electrons. The third-order valence-corrected chi connectivity index (χ3v) is 4.42. The molecule has 0 saturated heterocycles. The van der Waals surface area contributed by atoms with Crippen LogP contribution in [-0.2, 0) is 11.8 Å². The van der Waals surface area contributed by atoms with E-state index in [1.165, 1.54) is 4.68 Å². The van der Waals surface area contributed by atoms with E-state index in [0.29, 0.717) is 11.4 Å². The Kier molecular flexibility index (Phi) is 5.41. The van der Waals surface area contributed by atoms with Crippen molar-refractivity contribution in [3.63, 3.8) is 0 Å². The highest BCUT2D eigenvalue weighted by Gasteiger charge is 2.20. The number of hydrogen-bond donors (Lipinski definition) is 1. The Bertz CT molecular complexity index is 1220.